The first-order chi connectivity index (χ1) is 4.46. The zero-order valence-electron chi connectivity index (χ0n) is 6.90. The molecular weight excluding hydrogens is 312 g/mol. The van der Waals surface area contributed by atoms with Gasteiger partial charge in [-0.05, 0) is 0 Å². The Balaban J connectivity index is -0.0000000198. The Kier molecular flexibility index (Phi) is 72.4. The third kappa shape index (κ3) is 1300. The van der Waals surface area contributed by atoms with Crippen LogP contribution in [0.15, 0.2) is 0 Å². The summed E-state index contributed by atoms with van der Waals surface area (Å²) in [5, 5.41) is 0. The molecule has 12 heavy (non-hydrogen) atoms. The van der Waals surface area contributed by atoms with Crippen LogP contribution >= 0.6 is 24.4 Å². The fraction of sp³-hybridized carbons (Fsp3) is 0.200. The Morgan fingerprint density at radius 2 is 1.08 bits per heavy atom. The van der Waals surface area contributed by atoms with Crippen molar-refractivity contribution in [3.63, 3.8) is 0 Å². The topological polar surface area (TPSA) is 52.0 Å². The standard InChI is InChI=1S/C2H5.2CH3NS2.CH3.Mo/c1-2;2*2-1(3)4;;/h1H2,2H3;2*(H3,2,3,4);1H3;/q-1;;;-1;+4/p-2. The monoisotopic (exact) mass is 326 g/mol. The van der Waals surface area contributed by atoms with E-state index in [0.717, 1.165) is 0 Å². The average Bonchev–Trinajstić information content (AvgIpc) is 1.66. The summed E-state index contributed by atoms with van der Waals surface area (Å²) in [5.41, 5.74) is 9.31. The maximum absolute atomic E-state index is 4.66. The van der Waals surface area contributed by atoms with Gasteiger partial charge in [0.15, 0.2) is 0 Å². The maximum atomic E-state index is 4.66. The van der Waals surface area contributed by atoms with Gasteiger partial charge in [0.1, 0.15) is 0 Å². The molecule has 0 aromatic rings. The summed E-state index contributed by atoms with van der Waals surface area (Å²) in [4.78, 5) is 0. The van der Waals surface area contributed by atoms with Gasteiger partial charge < -0.3 is 75.5 Å². The normalized spacial score (nSPS) is 4.50. The van der Waals surface area contributed by atoms with Crippen molar-refractivity contribution in [2.24, 2.45) is 11.5 Å². The summed E-state index contributed by atoms with van der Waals surface area (Å²) >= 11 is 16.5. The summed E-state index contributed by atoms with van der Waals surface area (Å²) in [7, 11) is 0. The minimum Gasteiger partial charge on any atom is -0.415 e. The molecule has 0 amide bonds. The van der Waals surface area contributed by atoms with Crippen molar-refractivity contribution in [1.82, 2.24) is 0 Å². The Morgan fingerprint density at radius 3 is 1.08 bits per heavy atom. The minimum atomic E-state index is 0. The van der Waals surface area contributed by atoms with Crippen LogP contribution in [0.2, 0.25) is 0 Å². The van der Waals surface area contributed by atoms with E-state index in [9.17, 15) is 0 Å². The van der Waals surface area contributed by atoms with Crippen LogP contribution in [-0.2, 0) is 46.3 Å². The molecule has 0 saturated heterocycles. The molecule has 2 nitrogen and oxygen atoms in total. The van der Waals surface area contributed by atoms with Crippen molar-refractivity contribution < 1.29 is 21.1 Å². The molecule has 0 spiro atoms. The van der Waals surface area contributed by atoms with Gasteiger partial charge in [0, 0.05) is 0 Å². The summed E-state index contributed by atoms with van der Waals surface area (Å²) in [6.45, 7) is 5.00. The van der Waals surface area contributed by atoms with Gasteiger partial charge >= 0.3 is 21.1 Å². The largest absolute Gasteiger partial charge is 4.00 e. The van der Waals surface area contributed by atoms with E-state index in [1.165, 1.54) is 0 Å². The number of hydrogen-bond donors (Lipinski definition) is 2. The van der Waals surface area contributed by atoms with Gasteiger partial charge in [0.25, 0.3) is 0 Å². The van der Waals surface area contributed by atoms with Gasteiger partial charge in [-0.25, -0.2) is 0 Å². The third-order valence-corrected chi connectivity index (χ3v) is 0. The summed E-state index contributed by atoms with van der Waals surface area (Å²) in [5.74, 6) is 0. The second-order valence-electron chi connectivity index (χ2n) is 0.638. The number of thiocarbonyl (C=S) groups is 2. The predicted molar refractivity (Wildman–Crippen MR) is 65.7 cm³/mol. The molecule has 4 N–H and O–H groups in total. The van der Waals surface area contributed by atoms with E-state index in [2.05, 4.69) is 68.1 Å². The second kappa shape index (κ2) is 29.7. The Labute approximate surface area is 111 Å². The molecule has 0 saturated carbocycles. The van der Waals surface area contributed by atoms with E-state index in [0.29, 0.717) is 0 Å². The molecule has 0 aliphatic heterocycles. The summed E-state index contributed by atoms with van der Waals surface area (Å²) in [6.07, 6.45) is 0. The van der Waals surface area contributed by atoms with Crippen LogP contribution < -0.4 is 11.5 Å². The summed E-state index contributed by atoms with van der Waals surface area (Å²) < 4.78 is 0.167. The predicted octanol–water partition coefficient (Wildman–Crippen LogP) is 0.842. The van der Waals surface area contributed by atoms with Crippen LogP contribution in [-0.4, -0.2) is 8.64 Å². The minimum absolute atomic E-state index is 0. The molecule has 7 heteroatoms. The van der Waals surface area contributed by atoms with Crippen molar-refractivity contribution >= 4 is 58.3 Å². The van der Waals surface area contributed by atoms with E-state index in [-0.39, 0.29) is 37.1 Å². The zero-order chi connectivity index (χ0) is 9.15. The molecule has 0 heterocycles. The molecule has 0 fully saturated rings. The third-order valence-electron chi connectivity index (χ3n) is 0. The fourth-order valence-electron chi connectivity index (χ4n) is 0. The Hall–Kier alpha value is 0.908. The van der Waals surface area contributed by atoms with Crippen molar-refractivity contribution in [1.29, 1.82) is 0 Å². The molecule has 0 rings (SSSR count). The second-order valence-corrected chi connectivity index (χ2v) is 2.91. The average molecular weight is 324 g/mol. The van der Waals surface area contributed by atoms with Crippen molar-refractivity contribution in [2.75, 3.05) is 0 Å². The SMILES string of the molecule is NC(=S)[S-].NC(=S)[S-].[CH2-]C.[CH3-].[Mo+4]. The van der Waals surface area contributed by atoms with Gasteiger partial charge in [0.05, 0.1) is 0 Å². The van der Waals surface area contributed by atoms with Crippen LogP contribution in [0.4, 0.5) is 0 Å². The fourth-order valence-corrected chi connectivity index (χ4v) is 0. The van der Waals surface area contributed by atoms with Gasteiger partial charge in [-0.1, -0.05) is 8.64 Å². The van der Waals surface area contributed by atoms with Gasteiger partial charge in [-0.3, -0.25) is 0 Å². The van der Waals surface area contributed by atoms with Gasteiger partial charge in [0.2, 0.25) is 0 Å². The molecule has 72 valence electrons. The molecular formula is C5H12MoN2S4. The van der Waals surface area contributed by atoms with E-state index in [1.807, 2.05) is 0 Å². The van der Waals surface area contributed by atoms with Crippen molar-refractivity contribution in [3.05, 3.63) is 14.4 Å². The first-order valence-electron chi connectivity index (χ1n) is 2.10. The number of hydrogen-bond acceptors (Lipinski definition) is 4. The summed E-state index contributed by atoms with van der Waals surface area (Å²) in [6, 6.07) is 0. The smallest absolute Gasteiger partial charge is 0.415 e. The molecule has 0 bridgehead atoms. The van der Waals surface area contributed by atoms with Crippen LogP contribution in [0, 0.1) is 14.4 Å². The van der Waals surface area contributed by atoms with Crippen LogP contribution in [0.5, 0.6) is 0 Å². The molecule has 0 atom stereocenters. The zero-order valence-corrected chi connectivity index (χ0v) is 12.2. The van der Waals surface area contributed by atoms with Crippen molar-refractivity contribution in [3.8, 4) is 0 Å². The quantitative estimate of drug-likeness (QED) is 0.298. The molecule has 0 aliphatic rings. The number of nitrogens with two attached hydrogens (primary N) is 2. The van der Waals surface area contributed by atoms with Crippen LogP contribution in [0.1, 0.15) is 6.92 Å². The first kappa shape index (κ1) is 29.3. The van der Waals surface area contributed by atoms with Gasteiger partial charge in [-0.15, -0.1) is 0 Å². The Morgan fingerprint density at radius 1 is 1.08 bits per heavy atom. The Bertz CT molecular complexity index is 79.4. The van der Waals surface area contributed by atoms with Crippen LogP contribution in [0.3, 0.4) is 0 Å². The molecule has 0 unspecified atom stereocenters. The van der Waals surface area contributed by atoms with Crippen molar-refractivity contribution in [2.45, 2.75) is 6.92 Å². The van der Waals surface area contributed by atoms with E-state index in [1.54, 1.807) is 6.92 Å². The maximum Gasteiger partial charge on any atom is 4.00 e. The van der Waals surface area contributed by atoms with E-state index < -0.39 is 0 Å². The number of rotatable bonds is 0. The molecule has 0 aromatic carbocycles. The van der Waals surface area contributed by atoms with E-state index in [4.69, 9.17) is 0 Å². The molecule has 0 radical (unpaired) electrons. The first-order valence-corrected chi connectivity index (χ1v) is 3.73. The van der Waals surface area contributed by atoms with Gasteiger partial charge in [-0.2, -0.15) is 6.92 Å². The van der Waals surface area contributed by atoms with Crippen LogP contribution in [0.25, 0.3) is 0 Å². The molecule has 0 aromatic heterocycles. The molecule has 0 aliphatic carbocycles. The van der Waals surface area contributed by atoms with E-state index >= 15 is 0 Å².